The van der Waals surface area contributed by atoms with E-state index in [1.54, 1.807) is 0 Å². The van der Waals surface area contributed by atoms with Crippen LogP contribution in [0.5, 0.6) is 5.75 Å². The van der Waals surface area contributed by atoms with Crippen LogP contribution in [0, 0.1) is 0 Å². The molecule has 1 fully saturated rings. The van der Waals surface area contributed by atoms with Crippen molar-refractivity contribution in [1.29, 1.82) is 0 Å². The third kappa shape index (κ3) is 3.33. The number of hydrogen-bond donors (Lipinski definition) is 0. The minimum absolute atomic E-state index is 0.117. The summed E-state index contributed by atoms with van der Waals surface area (Å²) >= 11 is 0. The first-order valence-electron chi connectivity index (χ1n) is 8.19. The molecule has 0 atom stereocenters. The van der Waals surface area contributed by atoms with Crippen molar-refractivity contribution in [2.24, 2.45) is 0 Å². The average Bonchev–Trinajstić information content (AvgIpc) is 2.57. The van der Waals surface area contributed by atoms with E-state index in [0.29, 0.717) is 5.92 Å². The van der Waals surface area contributed by atoms with Gasteiger partial charge < -0.3 is 14.0 Å². The fraction of sp³-hybridized carbons (Fsp3) is 0.667. The van der Waals surface area contributed by atoms with Crippen LogP contribution in [0.4, 0.5) is 0 Å². The highest BCUT2D eigenvalue weighted by Crippen LogP contribution is 2.37. The molecule has 0 radical (unpaired) electrons. The largest absolute Gasteiger partial charge is 0.498 e. The molecule has 0 bridgehead atoms. The summed E-state index contributed by atoms with van der Waals surface area (Å²) in [6, 6.07) is 6.32. The Balaban J connectivity index is 2.41. The molecule has 0 amide bonds. The van der Waals surface area contributed by atoms with Gasteiger partial charge in [-0.05, 0) is 59.1 Å². The van der Waals surface area contributed by atoms with E-state index in [-0.39, 0.29) is 17.3 Å². The first-order valence-corrected chi connectivity index (χ1v) is 8.19. The van der Waals surface area contributed by atoms with Crippen molar-refractivity contribution in [2.45, 2.75) is 78.6 Å². The van der Waals surface area contributed by atoms with Gasteiger partial charge in [-0.3, -0.25) is 0 Å². The van der Waals surface area contributed by atoms with Crippen LogP contribution >= 0.6 is 0 Å². The molecule has 0 aliphatic carbocycles. The van der Waals surface area contributed by atoms with E-state index < -0.39 is 7.12 Å². The van der Waals surface area contributed by atoms with Crippen LogP contribution in [0.15, 0.2) is 18.2 Å². The third-order valence-electron chi connectivity index (χ3n) is 4.57. The zero-order chi connectivity index (χ0) is 16.7. The first-order chi connectivity index (χ1) is 10.0. The maximum absolute atomic E-state index is 6.20. The fourth-order valence-electron chi connectivity index (χ4n) is 2.44. The van der Waals surface area contributed by atoms with E-state index in [9.17, 15) is 0 Å². The van der Waals surface area contributed by atoms with Crippen molar-refractivity contribution in [3.05, 3.63) is 23.8 Å². The van der Waals surface area contributed by atoms with E-state index in [1.165, 1.54) is 5.56 Å². The van der Waals surface area contributed by atoms with Crippen LogP contribution in [-0.2, 0) is 9.31 Å². The summed E-state index contributed by atoms with van der Waals surface area (Å²) in [5.41, 5.74) is 1.56. The highest BCUT2D eigenvalue weighted by molar-refractivity contribution is 6.63. The highest BCUT2D eigenvalue weighted by atomic mass is 16.7. The zero-order valence-electron chi connectivity index (χ0n) is 15.2. The van der Waals surface area contributed by atoms with Crippen molar-refractivity contribution in [3.8, 4) is 5.75 Å². The molecule has 0 aromatic heterocycles. The summed E-state index contributed by atoms with van der Waals surface area (Å²) in [5, 5.41) is 0. The van der Waals surface area contributed by atoms with Crippen molar-refractivity contribution in [1.82, 2.24) is 0 Å². The number of ether oxygens (including phenoxy) is 1. The summed E-state index contributed by atoms with van der Waals surface area (Å²) in [7, 11) is -0.391. The van der Waals surface area contributed by atoms with Crippen molar-refractivity contribution in [2.75, 3.05) is 0 Å². The average molecular weight is 304 g/mol. The van der Waals surface area contributed by atoms with Crippen LogP contribution in [0.3, 0.4) is 0 Å². The Morgan fingerprint density at radius 1 is 0.955 bits per heavy atom. The lowest BCUT2D eigenvalue weighted by Crippen LogP contribution is -2.41. The monoisotopic (exact) mass is 304 g/mol. The smallest absolute Gasteiger partial charge is 0.491 e. The summed E-state index contributed by atoms with van der Waals surface area (Å²) in [6.07, 6.45) is 0.117. The molecule has 122 valence electrons. The van der Waals surface area contributed by atoms with Crippen LogP contribution in [-0.4, -0.2) is 24.4 Å². The Hall–Kier alpha value is -0.995. The van der Waals surface area contributed by atoms with Crippen LogP contribution in [0.1, 0.15) is 66.9 Å². The molecular weight excluding hydrogens is 275 g/mol. The molecule has 1 aliphatic rings. The van der Waals surface area contributed by atoms with Crippen LogP contribution in [0.25, 0.3) is 0 Å². The lowest BCUT2D eigenvalue weighted by molar-refractivity contribution is 0.00578. The van der Waals surface area contributed by atoms with Gasteiger partial charge in [0.25, 0.3) is 0 Å². The first kappa shape index (κ1) is 17.4. The summed E-state index contributed by atoms with van der Waals surface area (Å²) in [4.78, 5) is 0. The second-order valence-electron chi connectivity index (χ2n) is 7.71. The number of benzene rings is 1. The SMILES string of the molecule is CC(C)Oc1ccc(C(C)C)cc1B1OC(C)(C)C(C)(C)O1. The summed E-state index contributed by atoms with van der Waals surface area (Å²) < 4.78 is 18.4. The summed E-state index contributed by atoms with van der Waals surface area (Å²) in [5.74, 6) is 1.30. The van der Waals surface area contributed by atoms with Crippen LogP contribution in [0.2, 0.25) is 0 Å². The van der Waals surface area contributed by atoms with Gasteiger partial charge >= 0.3 is 7.12 Å². The topological polar surface area (TPSA) is 27.7 Å². The van der Waals surface area contributed by atoms with Crippen LogP contribution < -0.4 is 10.2 Å². The van der Waals surface area contributed by atoms with Gasteiger partial charge in [0.1, 0.15) is 5.75 Å². The number of hydrogen-bond acceptors (Lipinski definition) is 3. The van der Waals surface area contributed by atoms with Crippen molar-refractivity contribution < 1.29 is 14.0 Å². The Morgan fingerprint density at radius 3 is 1.95 bits per heavy atom. The van der Waals surface area contributed by atoms with Gasteiger partial charge in [0.15, 0.2) is 0 Å². The molecule has 1 heterocycles. The van der Waals surface area contributed by atoms with E-state index >= 15 is 0 Å². The highest BCUT2D eigenvalue weighted by Gasteiger charge is 2.52. The normalized spacial score (nSPS) is 20.0. The predicted molar refractivity (Wildman–Crippen MR) is 92.0 cm³/mol. The molecule has 1 aliphatic heterocycles. The molecule has 1 aromatic carbocycles. The minimum atomic E-state index is -0.391. The van der Waals surface area contributed by atoms with Gasteiger partial charge in [0.2, 0.25) is 0 Å². The van der Waals surface area contributed by atoms with Gasteiger partial charge in [0.05, 0.1) is 17.3 Å². The molecule has 4 heteroatoms. The van der Waals surface area contributed by atoms with E-state index in [1.807, 2.05) is 19.9 Å². The fourth-order valence-corrected chi connectivity index (χ4v) is 2.44. The quantitative estimate of drug-likeness (QED) is 0.790. The van der Waals surface area contributed by atoms with E-state index in [0.717, 1.165) is 11.2 Å². The lowest BCUT2D eigenvalue weighted by atomic mass is 9.76. The molecule has 2 rings (SSSR count). The lowest BCUT2D eigenvalue weighted by Gasteiger charge is -2.32. The molecule has 22 heavy (non-hydrogen) atoms. The molecule has 3 nitrogen and oxygen atoms in total. The van der Waals surface area contributed by atoms with Gasteiger partial charge in [0, 0.05) is 5.46 Å². The standard InChI is InChI=1S/C18H29BO3/c1-12(2)14-9-10-16(20-13(3)4)15(11-14)19-21-17(5,6)18(7,8)22-19/h9-13H,1-8H3. The molecule has 0 unspecified atom stereocenters. The molecule has 0 N–H and O–H groups in total. The molecular formula is C18H29BO3. The molecule has 0 saturated carbocycles. The third-order valence-corrected chi connectivity index (χ3v) is 4.57. The maximum Gasteiger partial charge on any atom is 0.498 e. The van der Waals surface area contributed by atoms with Gasteiger partial charge in [-0.15, -0.1) is 0 Å². The Labute approximate surface area is 135 Å². The molecule has 1 aromatic rings. The maximum atomic E-state index is 6.20. The van der Waals surface area contributed by atoms with Gasteiger partial charge in [-0.2, -0.15) is 0 Å². The second kappa shape index (κ2) is 5.90. The Morgan fingerprint density at radius 2 is 1.50 bits per heavy atom. The van der Waals surface area contributed by atoms with Crippen molar-refractivity contribution in [3.63, 3.8) is 0 Å². The minimum Gasteiger partial charge on any atom is -0.491 e. The zero-order valence-corrected chi connectivity index (χ0v) is 15.2. The summed E-state index contributed by atoms with van der Waals surface area (Å²) in [6.45, 7) is 16.7. The predicted octanol–water partition coefficient (Wildman–Crippen LogP) is 3.90. The van der Waals surface area contributed by atoms with Gasteiger partial charge in [-0.25, -0.2) is 0 Å². The molecule has 0 spiro atoms. The van der Waals surface area contributed by atoms with E-state index in [4.69, 9.17) is 14.0 Å². The van der Waals surface area contributed by atoms with E-state index in [2.05, 4.69) is 53.7 Å². The Kier molecular flexibility index (Phi) is 4.65. The van der Waals surface area contributed by atoms with Gasteiger partial charge in [-0.1, -0.05) is 26.0 Å². The molecule has 1 saturated heterocycles. The number of rotatable bonds is 4. The van der Waals surface area contributed by atoms with Crippen molar-refractivity contribution >= 4 is 12.6 Å². The second-order valence-corrected chi connectivity index (χ2v) is 7.71. The Bertz CT molecular complexity index is 519.